The minimum atomic E-state index is 0.114. The van der Waals surface area contributed by atoms with Crippen LogP contribution in [0.5, 0.6) is 0 Å². The molecule has 0 bridgehead atoms. The lowest BCUT2D eigenvalue weighted by atomic mass is 9.91. The van der Waals surface area contributed by atoms with Gasteiger partial charge in [-0.2, -0.15) is 0 Å². The van der Waals surface area contributed by atoms with Gasteiger partial charge >= 0.3 is 0 Å². The monoisotopic (exact) mass is 282 g/mol. The van der Waals surface area contributed by atoms with Gasteiger partial charge in [0.15, 0.2) is 0 Å². The third-order valence-electron chi connectivity index (χ3n) is 4.59. The summed E-state index contributed by atoms with van der Waals surface area (Å²) >= 11 is 0. The van der Waals surface area contributed by atoms with Gasteiger partial charge in [0.25, 0.3) is 0 Å². The molecule has 0 saturated carbocycles. The zero-order chi connectivity index (χ0) is 14.4. The second-order valence-electron chi connectivity index (χ2n) is 5.88. The number of piperidine rings is 1. The van der Waals surface area contributed by atoms with Crippen molar-refractivity contribution >= 4 is 28.3 Å². The van der Waals surface area contributed by atoms with Gasteiger partial charge in [0.1, 0.15) is 5.82 Å². The summed E-state index contributed by atoms with van der Waals surface area (Å²) in [4.78, 5) is 18.9. The average molecular weight is 282 g/mol. The lowest BCUT2D eigenvalue weighted by Gasteiger charge is -2.36. The van der Waals surface area contributed by atoms with Gasteiger partial charge in [0, 0.05) is 24.2 Å². The fourth-order valence-electron chi connectivity index (χ4n) is 3.53. The highest BCUT2D eigenvalue weighted by Gasteiger charge is 2.41. The molecule has 5 nitrogen and oxygen atoms in total. The zero-order valence-electron chi connectivity index (χ0n) is 11.7. The number of anilines is 2. The van der Waals surface area contributed by atoms with Gasteiger partial charge in [-0.05, 0) is 43.2 Å². The van der Waals surface area contributed by atoms with Crippen LogP contribution in [0.2, 0.25) is 0 Å². The van der Waals surface area contributed by atoms with Crippen LogP contribution in [0.1, 0.15) is 12.8 Å². The number of fused-ring (bicyclic) bond motifs is 2. The third kappa shape index (κ3) is 2.00. The molecule has 2 fully saturated rings. The standard InChI is InChI=1S/C16H18N4O/c17-11-4-5-13-10(8-11)3-6-15(19-13)20-7-1-2-12-14(20)9-18-16(12)21/h3-6,8,12,14H,1-2,7,9,17H2,(H,18,21). The van der Waals surface area contributed by atoms with Crippen molar-refractivity contribution in [2.45, 2.75) is 18.9 Å². The Morgan fingerprint density at radius 2 is 2.19 bits per heavy atom. The molecule has 0 spiro atoms. The lowest BCUT2D eigenvalue weighted by Crippen LogP contribution is -2.46. The number of hydrogen-bond donors (Lipinski definition) is 2. The van der Waals surface area contributed by atoms with Crippen molar-refractivity contribution in [3.05, 3.63) is 30.3 Å². The maximum atomic E-state index is 11.9. The Hall–Kier alpha value is -2.30. The minimum Gasteiger partial charge on any atom is -0.399 e. The molecule has 1 aromatic carbocycles. The van der Waals surface area contributed by atoms with Crippen molar-refractivity contribution in [1.82, 2.24) is 10.3 Å². The van der Waals surface area contributed by atoms with Crippen molar-refractivity contribution in [2.75, 3.05) is 23.7 Å². The van der Waals surface area contributed by atoms with Crippen LogP contribution in [0.3, 0.4) is 0 Å². The number of nitrogens with zero attached hydrogens (tertiary/aromatic N) is 2. The molecule has 2 unspecified atom stereocenters. The van der Waals surface area contributed by atoms with Gasteiger partial charge < -0.3 is 16.0 Å². The zero-order valence-corrected chi connectivity index (χ0v) is 11.7. The van der Waals surface area contributed by atoms with Crippen molar-refractivity contribution < 1.29 is 4.79 Å². The summed E-state index contributed by atoms with van der Waals surface area (Å²) in [5.74, 6) is 1.26. The van der Waals surface area contributed by atoms with E-state index in [1.807, 2.05) is 24.3 Å². The first kappa shape index (κ1) is 12.4. The van der Waals surface area contributed by atoms with Gasteiger partial charge in [0.05, 0.1) is 17.5 Å². The van der Waals surface area contributed by atoms with Gasteiger partial charge in [-0.3, -0.25) is 4.79 Å². The third-order valence-corrected chi connectivity index (χ3v) is 4.59. The van der Waals surface area contributed by atoms with Crippen LogP contribution in [0, 0.1) is 5.92 Å². The number of rotatable bonds is 1. The first-order valence-corrected chi connectivity index (χ1v) is 7.43. The number of nitrogen functional groups attached to an aromatic ring is 1. The van der Waals surface area contributed by atoms with Gasteiger partial charge in [-0.1, -0.05) is 0 Å². The molecule has 4 rings (SSSR count). The second kappa shape index (κ2) is 4.62. The van der Waals surface area contributed by atoms with E-state index < -0.39 is 0 Å². The van der Waals surface area contributed by atoms with Crippen LogP contribution in [-0.2, 0) is 4.79 Å². The SMILES string of the molecule is Nc1ccc2nc(N3CCCC4C(=O)NCC43)ccc2c1. The Kier molecular flexibility index (Phi) is 2.74. The smallest absolute Gasteiger partial charge is 0.225 e. The number of nitrogens with two attached hydrogens (primary N) is 1. The highest BCUT2D eigenvalue weighted by atomic mass is 16.2. The maximum absolute atomic E-state index is 11.9. The van der Waals surface area contributed by atoms with Crippen molar-refractivity contribution in [3.8, 4) is 0 Å². The fourth-order valence-corrected chi connectivity index (χ4v) is 3.53. The van der Waals surface area contributed by atoms with Crippen LogP contribution in [0.4, 0.5) is 11.5 Å². The summed E-state index contributed by atoms with van der Waals surface area (Å²) < 4.78 is 0. The summed E-state index contributed by atoms with van der Waals surface area (Å²) in [6.45, 7) is 1.69. The van der Waals surface area contributed by atoms with Gasteiger partial charge in [-0.15, -0.1) is 0 Å². The molecule has 108 valence electrons. The Bertz CT molecular complexity index is 714. The Morgan fingerprint density at radius 1 is 1.29 bits per heavy atom. The molecule has 0 radical (unpaired) electrons. The maximum Gasteiger partial charge on any atom is 0.225 e. The Balaban J connectivity index is 1.72. The van der Waals surface area contributed by atoms with Crippen molar-refractivity contribution in [1.29, 1.82) is 0 Å². The quantitative estimate of drug-likeness (QED) is 0.778. The summed E-state index contributed by atoms with van der Waals surface area (Å²) in [6, 6.07) is 10.1. The Morgan fingerprint density at radius 3 is 3.10 bits per heavy atom. The highest BCUT2D eigenvalue weighted by molar-refractivity contribution is 5.85. The molecular weight excluding hydrogens is 264 g/mol. The van der Waals surface area contributed by atoms with Crippen LogP contribution in [0.25, 0.3) is 10.9 Å². The number of carbonyl (C=O) groups excluding carboxylic acids is 1. The van der Waals surface area contributed by atoms with E-state index in [9.17, 15) is 4.79 Å². The summed E-state index contributed by atoms with van der Waals surface area (Å²) in [5.41, 5.74) is 7.50. The van der Waals surface area contributed by atoms with Gasteiger partial charge in [0.2, 0.25) is 5.91 Å². The molecule has 2 aliphatic heterocycles. The molecule has 2 atom stereocenters. The predicted octanol–water partition coefficient (Wildman–Crippen LogP) is 1.53. The van der Waals surface area contributed by atoms with E-state index in [-0.39, 0.29) is 17.9 Å². The topological polar surface area (TPSA) is 71.2 Å². The van der Waals surface area contributed by atoms with Crippen molar-refractivity contribution in [2.24, 2.45) is 5.92 Å². The number of hydrogen-bond acceptors (Lipinski definition) is 4. The van der Waals surface area contributed by atoms with E-state index in [0.717, 1.165) is 48.3 Å². The fraction of sp³-hybridized carbons (Fsp3) is 0.375. The second-order valence-corrected chi connectivity index (χ2v) is 5.88. The van der Waals surface area contributed by atoms with E-state index in [0.29, 0.717) is 0 Å². The molecule has 3 N–H and O–H groups in total. The first-order valence-electron chi connectivity index (χ1n) is 7.43. The predicted molar refractivity (Wildman–Crippen MR) is 83.0 cm³/mol. The lowest BCUT2D eigenvalue weighted by molar-refractivity contribution is -0.122. The van der Waals surface area contributed by atoms with Crippen LogP contribution < -0.4 is 16.0 Å². The van der Waals surface area contributed by atoms with Crippen molar-refractivity contribution in [3.63, 3.8) is 0 Å². The van der Waals surface area contributed by atoms with E-state index in [1.54, 1.807) is 0 Å². The van der Waals surface area contributed by atoms with E-state index >= 15 is 0 Å². The minimum absolute atomic E-state index is 0.114. The van der Waals surface area contributed by atoms with E-state index in [2.05, 4.69) is 16.3 Å². The van der Waals surface area contributed by atoms with Crippen LogP contribution in [-0.4, -0.2) is 30.0 Å². The normalized spacial score (nSPS) is 25.0. The number of amides is 1. The summed E-state index contributed by atoms with van der Waals surface area (Å²) in [6.07, 6.45) is 2.02. The van der Waals surface area contributed by atoms with E-state index in [4.69, 9.17) is 10.7 Å². The molecule has 0 aliphatic carbocycles. The molecule has 1 aromatic heterocycles. The van der Waals surface area contributed by atoms with E-state index in [1.165, 1.54) is 0 Å². The van der Waals surface area contributed by atoms with Crippen LogP contribution in [0.15, 0.2) is 30.3 Å². The number of nitrogens with one attached hydrogen (secondary N) is 1. The molecule has 2 aliphatic rings. The largest absolute Gasteiger partial charge is 0.399 e. The van der Waals surface area contributed by atoms with Crippen LogP contribution >= 0.6 is 0 Å². The molecule has 3 heterocycles. The molecule has 5 heteroatoms. The Labute approximate surface area is 123 Å². The van der Waals surface area contributed by atoms with Gasteiger partial charge in [-0.25, -0.2) is 4.98 Å². The average Bonchev–Trinajstić information content (AvgIpc) is 2.88. The summed E-state index contributed by atoms with van der Waals surface area (Å²) in [5, 5.41) is 4.03. The number of aromatic nitrogens is 1. The molecule has 2 aromatic rings. The molecular formula is C16H18N4O. The molecule has 2 saturated heterocycles. The number of pyridine rings is 1. The first-order chi connectivity index (χ1) is 10.2. The molecule has 1 amide bonds. The molecule has 21 heavy (non-hydrogen) atoms. The highest BCUT2D eigenvalue weighted by Crippen LogP contribution is 2.31. The summed E-state index contributed by atoms with van der Waals surface area (Å²) in [7, 11) is 0. The number of carbonyl (C=O) groups is 1. The number of benzene rings is 1.